The number of ether oxygens (including phenoxy) is 1. The molecule has 1 aliphatic rings. The van der Waals surface area contributed by atoms with E-state index in [-0.39, 0.29) is 6.10 Å². The molecule has 2 N–H and O–H groups in total. The lowest BCUT2D eigenvalue weighted by molar-refractivity contribution is 0.226. The average Bonchev–Trinajstić information content (AvgIpc) is 2.54. The largest absolute Gasteiger partial charge is 0.487 e. The number of anilines is 1. The molecule has 2 aromatic rings. The van der Waals surface area contributed by atoms with Crippen LogP contribution in [-0.4, -0.2) is 18.7 Å². The van der Waals surface area contributed by atoms with Gasteiger partial charge in [-0.15, -0.1) is 0 Å². The normalized spacial score (nSPS) is 18.0. The molecule has 0 amide bonds. The van der Waals surface area contributed by atoms with Crippen molar-refractivity contribution in [3.05, 3.63) is 59.7 Å². The summed E-state index contributed by atoms with van der Waals surface area (Å²) in [6.45, 7) is 6.10. The predicted octanol–water partition coefficient (Wildman–Crippen LogP) is 3.60. The Morgan fingerprint density at radius 2 is 2.00 bits per heavy atom. The third-order valence-corrected chi connectivity index (χ3v) is 3.99. The number of nitrogens with one attached hydrogen (secondary N) is 2. The third-order valence-electron chi connectivity index (χ3n) is 3.99. The molecule has 3 nitrogen and oxygen atoms in total. The molecule has 1 heterocycles. The summed E-state index contributed by atoms with van der Waals surface area (Å²) in [7, 11) is 0. The summed E-state index contributed by atoms with van der Waals surface area (Å²) < 4.78 is 5.82. The fraction of sp³-hybridized carbons (Fsp3) is 0.368. The van der Waals surface area contributed by atoms with Crippen LogP contribution in [-0.2, 0) is 13.0 Å². The van der Waals surface area contributed by atoms with Crippen molar-refractivity contribution in [3.8, 4) is 5.75 Å². The molecule has 2 aromatic carbocycles. The van der Waals surface area contributed by atoms with E-state index in [1.165, 1.54) is 11.1 Å². The van der Waals surface area contributed by atoms with E-state index in [2.05, 4.69) is 73.0 Å². The van der Waals surface area contributed by atoms with Crippen LogP contribution in [0.4, 0.5) is 5.69 Å². The molecule has 3 rings (SSSR count). The molecule has 0 fully saturated rings. The number of rotatable bonds is 5. The standard InChI is InChI=1S/C19H24N2O/c1-14(20-13-16-6-4-3-5-7-16)10-17-8-9-19-18(11-17)21-12-15(2)22-19/h3-9,11,14-15,20-21H,10,12-13H2,1-2H3. The highest BCUT2D eigenvalue weighted by atomic mass is 16.5. The first kappa shape index (κ1) is 14.9. The van der Waals surface area contributed by atoms with Crippen LogP contribution in [0.25, 0.3) is 0 Å². The molecular weight excluding hydrogens is 272 g/mol. The molecule has 0 aliphatic carbocycles. The van der Waals surface area contributed by atoms with E-state index >= 15 is 0 Å². The Morgan fingerprint density at radius 3 is 2.82 bits per heavy atom. The van der Waals surface area contributed by atoms with E-state index in [0.29, 0.717) is 6.04 Å². The molecule has 2 atom stereocenters. The highest BCUT2D eigenvalue weighted by Gasteiger charge is 2.15. The zero-order valence-electron chi connectivity index (χ0n) is 13.3. The first-order chi connectivity index (χ1) is 10.7. The molecule has 0 spiro atoms. The van der Waals surface area contributed by atoms with Crippen molar-refractivity contribution in [2.75, 3.05) is 11.9 Å². The Labute approximate surface area is 132 Å². The lowest BCUT2D eigenvalue weighted by atomic mass is 10.0. The summed E-state index contributed by atoms with van der Waals surface area (Å²) >= 11 is 0. The Morgan fingerprint density at radius 1 is 1.18 bits per heavy atom. The summed E-state index contributed by atoms with van der Waals surface area (Å²) in [5.41, 5.74) is 3.77. The van der Waals surface area contributed by atoms with Gasteiger partial charge in [0.2, 0.25) is 0 Å². The molecule has 0 radical (unpaired) electrons. The topological polar surface area (TPSA) is 33.3 Å². The summed E-state index contributed by atoms with van der Waals surface area (Å²) in [6, 6.07) is 17.4. The second-order valence-corrected chi connectivity index (χ2v) is 6.11. The maximum Gasteiger partial charge on any atom is 0.142 e. The number of hydrogen-bond donors (Lipinski definition) is 2. The summed E-state index contributed by atoms with van der Waals surface area (Å²) in [4.78, 5) is 0. The van der Waals surface area contributed by atoms with E-state index in [1.54, 1.807) is 0 Å². The molecule has 3 heteroatoms. The highest BCUT2D eigenvalue weighted by molar-refractivity contribution is 5.59. The van der Waals surface area contributed by atoms with Gasteiger partial charge in [-0.05, 0) is 43.5 Å². The smallest absolute Gasteiger partial charge is 0.142 e. The van der Waals surface area contributed by atoms with Gasteiger partial charge in [-0.1, -0.05) is 36.4 Å². The van der Waals surface area contributed by atoms with Gasteiger partial charge in [0.1, 0.15) is 11.9 Å². The van der Waals surface area contributed by atoms with Crippen molar-refractivity contribution in [2.24, 2.45) is 0 Å². The lowest BCUT2D eigenvalue weighted by Gasteiger charge is -2.25. The van der Waals surface area contributed by atoms with Crippen molar-refractivity contribution in [3.63, 3.8) is 0 Å². The summed E-state index contributed by atoms with van der Waals surface area (Å²) in [6.07, 6.45) is 1.25. The van der Waals surface area contributed by atoms with Gasteiger partial charge in [-0.3, -0.25) is 0 Å². The van der Waals surface area contributed by atoms with Crippen molar-refractivity contribution in [1.82, 2.24) is 5.32 Å². The van der Waals surface area contributed by atoms with Crippen LogP contribution in [0.15, 0.2) is 48.5 Å². The van der Waals surface area contributed by atoms with Crippen LogP contribution in [0.1, 0.15) is 25.0 Å². The minimum atomic E-state index is 0.241. The van der Waals surface area contributed by atoms with Crippen molar-refractivity contribution in [1.29, 1.82) is 0 Å². The van der Waals surface area contributed by atoms with E-state index in [1.807, 2.05) is 0 Å². The van der Waals surface area contributed by atoms with E-state index in [0.717, 1.165) is 30.9 Å². The quantitative estimate of drug-likeness (QED) is 0.884. The first-order valence-electron chi connectivity index (χ1n) is 8.01. The first-order valence-corrected chi connectivity index (χ1v) is 8.01. The molecule has 0 saturated heterocycles. The van der Waals surface area contributed by atoms with Gasteiger partial charge in [0.25, 0.3) is 0 Å². The van der Waals surface area contributed by atoms with Gasteiger partial charge in [-0.2, -0.15) is 0 Å². The highest BCUT2D eigenvalue weighted by Crippen LogP contribution is 2.30. The van der Waals surface area contributed by atoms with Crippen LogP contribution < -0.4 is 15.4 Å². The minimum absolute atomic E-state index is 0.241. The van der Waals surface area contributed by atoms with E-state index < -0.39 is 0 Å². The van der Waals surface area contributed by atoms with Gasteiger partial charge < -0.3 is 15.4 Å². The van der Waals surface area contributed by atoms with Crippen LogP contribution in [0.5, 0.6) is 5.75 Å². The maximum absolute atomic E-state index is 5.82. The van der Waals surface area contributed by atoms with Crippen molar-refractivity contribution in [2.45, 2.75) is 39.0 Å². The average molecular weight is 296 g/mol. The monoisotopic (exact) mass is 296 g/mol. The Kier molecular flexibility index (Phi) is 4.64. The molecule has 0 aromatic heterocycles. The Hall–Kier alpha value is -2.00. The van der Waals surface area contributed by atoms with Gasteiger partial charge in [0, 0.05) is 12.6 Å². The van der Waals surface area contributed by atoms with Gasteiger partial charge in [-0.25, -0.2) is 0 Å². The molecule has 116 valence electrons. The molecular formula is C19H24N2O. The van der Waals surface area contributed by atoms with Gasteiger partial charge in [0.05, 0.1) is 12.2 Å². The van der Waals surface area contributed by atoms with Gasteiger partial charge >= 0.3 is 0 Å². The molecule has 0 bridgehead atoms. The van der Waals surface area contributed by atoms with E-state index in [9.17, 15) is 0 Å². The third kappa shape index (κ3) is 3.80. The number of benzene rings is 2. The lowest BCUT2D eigenvalue weighted by Crippen LogP contribution is -2.29. The summed E-state index contributed by atoms with van der Waals surface area (Å²) in [5.74, 6) is 0.965. The Bertz CT molecular complexity index is 612. The second kappa shape index (κ2) is 6.84. The molecule has 2 unspecified atom stereocenters. The SMILES string of the molecule is CC(Cc1ccc2c(c1)NCC(C)O2)NCc1ccccc1. The van der Waals surface area contributed by atoms with Crippen molar-refractivity contribution < 1.29 is 4.74 Å². The second-order valence-electron chi connectivity index (χ2n) is 6.11. The number of fused-ring (bicyclic) bond motifs is 1. The van der Waals surface area contributed by atoms with Gasteiger partial charge in [0.15, 0.2) is 0 Å². The Balaban J connectivity index is 1.56. The molecule has 1 aliphatic heterocycles. The van der Waals surface area contributed by atoms with Crippen LogP contribution in [0.3, 0.4) is 0 Å². The zero-order valence-corrected chi connectivity index (χ0v) is 13.3. The van der Waals surface area contributed by atoms with E-state index in [4.69, 9.17) is 4.74 Å². The molecule has 0 saturated carbocycles. The van der Waals surface area contributed by atoms with Crippen molar-refractivity contribution >= 4 is 5.69 Å². The number of hydrogen-bond acceptors (Lipinski definition) is 3. The molecule has 22 heavy (non-hydrogen) atoms. The fourth-order valence-electron chi connectivity index (χ4n) is 2.77. The van der Waals surface area contributed by atoms with Crippen LogP contribution in [0.2, 0.25) is 0 Å². The minimum Gasteiger partial charge on any atom is -0.487 e. The zero-order chi connectivity index (χ0) is 15.4. The fourth-order valence-corrected chi connectivity index (χ4v) is 2.77. The van der Waals surface area contributed by atoms with Crippen LogP contribution >= 0.6 is 0 Å². The summed E-state index contributed by atoms with van der Waals surface area (Å²) in [5, 5.41) is 7.02. The predicted molar refractivity (Wildman–Crippen MR) is 91.5 cm³/mol. The maximum atomic E-state index is 5.82. The van der Waals surface area contributed by atoms with Crippen LogP contribution in [0, 0.1) is 0 Å².